The van der Waals surface area contributed by atoms with Gasteiger partial charge in [-0.15, -0.1) is 0 Å². The van der Waals surface area contributed by atoms with Crippen molar-refractivity contribution in [3.63, 3.8) is 0 Å². The van der Waals surface area contributed by atoms with E-state index in [1.54, 1.807) is 4.90 Å². The molecule has 25 heavy (non-hydrogen) atoms. The van der Waals surface area contributed by atoms with Crippen LogP contribution < -0.4 is 0 Å². The fourth-order valence-corrected chi connectivity index (χ4v) is 3.73. The summed E-state index contributed by atoms with van der Waals surface area (Å²) in [6.45, 7) is 0.680. The molecule has 2 heterocycles. The first-order chi connectivity index (χ1) is 11.8. The summed E-state index contributed by atoms with van der Waals surface area (Å²) in [5, 5.41) is 11.3. The second kappa shape index (κ2) is 7.09. The quantitative estimate of drug-likeness (QED) is 0.858. The number of amides is 1. The van der Waals surface area contributed by atoms with Crippen molar-refractivity contribution in [3.05, 3.63) is 42.1 Å². The van der Waals surface area contributed by atoms with E-state index >= 15 is 0 Å². The van der Waals surface area contributed by atoms with Crippen LogP contribution in [0.5, 0.6) is 0 Å². The van der Waals surface area contributed by atoms with Gasteiger partial charge in [0.1, 0.15) is 9.84 Å². The third kappa shape index (κ3) is 4.55. The van der Waals surface area contributed by atoms with Crippen LogP contribution in [0.1, 0.15) is 12.1 Å². The van der Waals surface area contributed by atoms with Crippen LogP contribution in [0.2, 0.25) is 0 Å². The van der Waals surface area contributed by atoms with Gasteiger partial charge in [-0.05, 0) is 18.6 Å². The molecule has 2 aromatic rings. The predicted octanol–water partition coefficient (Wildman–Crippen LogP) is 1.03. The van der Waals surface area contributed by atoms with Gasteiger partial charge in [0, 0.05) is 42.8 Å². The van der Waals surface area contributed by atoms with Crippen LogP contribution in [0.15, 0.2) is 36.4 Å². The molecular weight excluding hydrogens is 340 g/mol. The minimum absolute atomic E-state index is 0.0352. The standard InChI is InChI=1S/C18H22N2O4S/c1-25(23,24)9-8-18(22)20-11-14(17(21)12-20)10-15-7-6-13-4-2-3-5-16(13)19-15/h2-7,14,17,21H,8-12H2,1H3/t14-,17-/m1/s1. The molecule has 0 saturated carbocycles. The summed E-state index contributed by atoms with van der Waals surface area (Å²) < 4.78 is 22.4. The molecule has 3 rings (SSSR count). The van der Waals surface area contributed by atoms with Gasteiger partial charge in [-0.2, -0.15) is 0 Å². The molecule has 0 radical (unpaired) electrons. The van der Waals surface area contributed by atoms with Crippen molar-refractivity contribution in [3.8, 4) is 0 Å². The first-order valence-electron chi connectivity index (χ1n) is 8.30. The number of hydrogen-bond donors (Lipinski definition) is 1. The fourth-order valence-electron chi connectivity index (χ4n) is 3.18. The molecule has 0 aliphatic carbocycles. The maximum atomic E-state index is 12.1. The van der Waals surface area contributed by atoms with Crippen molar-refractivity contribution >= 4 is 26.6 Å². The first kappa shape index (κ1) is 17.8. The highest BCUT2D eigenvalue weighted by Gasteiger charge is 2.34. The van der Waals surface area contributed by atoms with E-state index in [1.165, 1.54) is 0 Å². The van der Waals surface area contributed by atoms with E-state index in [1.807, 2.05) is 36.4 Å². The summed E-state index contributed by atoms with van der Waals surface area (Å²) in [6.07, 6.45) is 1.05. The lowest BCUT2D eigenvalue weighted by Gasteiger charge is -2.16. The average Bonchev–Trinajstić information content (AvgIpc) is 2.93. The van der Waals surface area contributed by atoms with Crippen molar-refractivity contribution in [2.75, 3.05) is 25.1 Å². The van der Waals surface area contributed by atoms with Crippen molar-refractivity contribution in [1.82, 2.24) is 9.88 Å². The van der Waals surface area contributed by atoms with E-state index in [2.05, 4.69) is 4.98 Å². The van der Waals surface area contributed by atoms with Crippen LogP contribution in [0, 0.1) is 5.92 Å². The van der Waals surface area contributed by atoms with Crippen LogP contribution in [-0.2, 0) is 21.1 Å². The molecule has 0 unspecified atom stereocenters. The summed E-state index contributed by atoms with van der Waals surface area (Å²) in [5.74, 6) is -0.468. The van der Waals surface area contributed by atoms with Gasteiger partial charge in [0.05, 0.1) is 17.4 Å². The molecule has 1 fully saturated rings. The van der Waals surface area contributed by atoms with E-state index in [0.29, 0.717) is 13.0 Å². The Morgan fingerprint density at radius 2 is 2.00 bits per heavy atom. The Morgan fingerprint density at radius 1 is 1.24 bits per heavy atom. The first-order valence-corrected chi connectivity index (χ1v) is 10.4. The Kier molecular flexibility index (Phi) is 5.06. The Morgan fingerprint density at radius 3 is 2.76 bits per heavy atom. The zero-order valence-corrected chi connectivity index (χ0v) is 14.9. The number of aliphatic hydroxyl groups is 1. The molecule has 0 spiro atoms. The Balaban J connectivity index is 1.64. The molecule has 7 heteroatoms. The van der Waals surface area contributed by atoms with E-state index in [0.717, 1.165) is 22.9 Å². The van der Waals surface area contributed by atoms with Gasteiger partial charge in [-0.3, -0.25) is 9.78 Å². The van der Waals surface area contributed by atoms with Crippen molar-refractivity contribution in [1.29, 1.82) is 0 Å². The number of pyridine rings is 1. The SMILES string of the molecule is CS(=O)(=O)CCC(=O)N1C[C@@H](Cc2ccc3ccccc3n2)[C@H](O)C1. The molecule has 1 aliphatic rings. The zero-order valence-electron chi connectivity index (χ0n) is 14.1. The minimum atomic E-state index is -3.17. The number of sulfone groups is 1. The molecule has 0 bridgehead atoms. The maximum Gasteiger partial charge on any atom is 0.223 e. The Bertz CT molecular complexity index is 882. The molecule has 1 aromatic heterocycles. The molecule has 1 aromatic carbocycles. The van der Waals surface area contributed by atoms with Crippen molar-refractivity contribution < 1.29 is 18.3 Å². The monoisotopic (exact) mass is 362 g/mol. The predicted molar refractivity (Wildman–Crippen MR) is 95.9 cm³/mol. The number of para-hydroxylation sites is 1. The third-order valence-corrected chi connectivity index (χ3v) is 5.52. The number of aromatic nitrogens is 1. The number of carbonyl (C=O) groups excluding carboxylic acids is 1. The van der Waals surface area contributed by atoms with E-state index in [4.69, 9.17) is 0 Å². The van der Waals surface area contributed by atoms with Crippen LogP contribution in [0.4, 0.5) is 0 Å². The van der Waals surface area contributed by atoms with Gasteiger partial charge in [-0.25, -0.2) is 8.42 Å². The Labute approximate surface area is 147 Å². The lowest BCUT2D eigenvalue weighted by Crippen LogP contribution is -2.30. The highest BCUT2D eigenvalue weighted by molar-refractivity contribution is 7.90. The topological polar surface area (TPSA) is 87.6 Å². The van der Waals surface area contributed by atoms with Crippen LogP contribution in [-0.4, -0.2) is 60.5 Å². The maximum absolute atomic E-state index is 12.1. The summed E-state index contributed by atoms with van der Waals surface area (Å²) in [5.41, 5.74) is 1.79. The van der Waals surface area contributed by atoms with Gasteiger partial charge >= 0.3 is 0 Å². The molecule has 134 valence electrons. The smallest absolute Gasteiger partial charge is 0.223 e. The number of fused-ring (bicyclic) bond motifs is 1. The molecule has 1 amide bonds. The van der Waals surface area contributed by atoms with Crippen molar-refractivity contribution in [2.24, 2.45) is 5.92 Å². The summed E-state index contributed by atoms with van der Waals surface area (Å²) >= 11 is 0. The number of aliphatic hydroxyl groups excluding tert-OH is 1. The number of likely N-dealkylation sites (tertiary alicyclic amines) is 1. The van der Waals surface area contributed by atoms with E-state index < -0.39 is 15.9 Å². The van der Waals surface area contributed by atoms with E-state index in [9.17, 15) is 18.3 Å². The summed E-state index contributed by atoms with van der Waals surface area (Å²) in [4.78, 5) is 18.3. The largest absolute Gasteiger partial charge is 0.391 e. The number of β-amino-alcohol motifs (C(OH)–C–C–N with tert-alkyl or cyclic N) is 1. The fraction of sp³-hybridized carbons (Fsp3) is 0.444. The molecule has 6 nitrogen and oxygen atoms in total. The van der Waals surface area contributed by atoms with Gasteiger partial charge in [0.25, 0.3) is 0 Å². The van der Waals surface area contributed by atoms with Crippen molar-refractivity contribution in [2.45, 2.75) is 18.9 Å². The number of carbonyl (C=O) groups is 1. The van der Waals surface area contributed by atoms with Crippen LogP contribution in [0.25, 0.3) is 10.9 Å². The average molecular weight is 362 g/mol. The number of benzene rings is 1. The number of nitrogens with zero attached hydrogens (tertiary/aromatic N) is 2. The third-order valence-electron chi connectivity index (χ3n) is 4.57. The second-order valence-electron chi connectivity index (χ2n) is 6.71. The minimum Gasteiger partial charge on any atom is -0.391 e. The lowest BCUT2D eigenvalue weighted by molar-refractivity contribution is -0.130. The zero-order chi connectivity index (χ0) is 18.0. The van der Waals surface area contributed by atoms with E-state index in [-0.39, 0.29) is 30.5 Å². The normalized spacial score (nSPS) is 21.0. The molecule has 1 aliphatic heterocycles. The molecule has 1 N–H and O–H groups in total. The lowest BCUT2D eigenvalue weighted by atomic mass is 9.99. The van der Waals surface area contributed by atoms with Gasteiger partial charge < -0.3 is 10.0 Å². The highest BCUT2D eigenvalue weighted by atomic mass is 32.2. The summed E-state index contributed by atoms with van der Waals surface area (Å²) in [6, 6.07) is 11.8. The van der Waals surface area contributed by atoms with Gasteiger partial charge in [0.2, 0.25) is 5.91 Å². The van der Waals surface area contributed by atoms with Gasteiger partial charge in [-0.1, -0.05) is 24.3 Å². The van der Waals surface area contributed by atoms with Gasteiger partial charge in [0.15, 0.2) is 0 Å². The summed E-state index contributed by atoms with van der Waals surface area (Å²) in [7, 11) is -3.17. The number of rotatable bonds is 5. The second-order valence-corrected chi connectivity index (χ2v) is 8.97. The number of hydrogen-bond acceptors (Lipinski definition) is 5. The highest BCUT2D eigenvalue weighted by Crippen LogP contribution is 2.23. The van der Waals surface area contributed by atoms with Crippen LogP contribution >= 0.6 is 0 Å². The molecule has 1 saturated heterocycles. The molecule has 2 atom stereocenters. The molecular formula is C18H22N2O4S. The van der Waals surface area contributed by atoms with Crippen LogP contribution in [0.3, 0.4) is 0 Å². The Hall–Kier alpha value is -1.99.